The summed E-state index contributed by atoms with van der Waals surface area (Å²) >= 11 is 0. The van der Waals surface area contributed by atoms with Crippen molar-refractivity contribution in [1.82, 2.24) is 0 Å². The van der Waals surface area contributed by atoms with Crippen LogP contribution in [-0.2, 0) is 5.79 Å². The van der Waals surface area contributed by atoms with Crippen LogP contribution in [0.15, 0.2) is 30.3 Å². The Morgan fingerprint density at radius 2 is 1.00 bits per heavy atom. The molecule has 12 nitrogen and oxygen atoms in total. The fourth-order valence-corrected chi connectivity index (χ4v) is 1.68. The van der Waals surface area contributed by atoms with Crippen LogP contribution in [0.3, 0.4) is 0 Å². The molecule has 1 rings (SSSR count). The molecule has 6 N–H and O–H groups in total. The smallest absolute Gasteiger partial charge is 0.554 e. The van der Waals surface area contributed by atoms with E-state index in [4.69, 9.17) is 31.2 Å². The molecular formula is C7H11N3O9. The Morgan fingerprint density at radius 1 is 0.684 bits per heavy atom. The van der Waals surface area contributed by atoms with Gasteiger partial charge < -0.3 is 15.6 Å². The summed E-state index contributed by atoms with van der Waals surface area (Å²) in [7, 11) is 0. The molecule has 108 valence electrons. The van der Waals surface area contributed by atoms with E-state index in [0.717, 1.165) is 12.1 Å². The second-order valence-electron chi connectivity index (χ2n) is 3.63. The largest absolute Gasteiger partial charge is 0.559 e. The Labute approximate surface area is 104 Å². The second kappa shape index (κ2) is 4.39. The van der Waals surface area contributed by atoms with Gasteiger partial charge in [-0.3, -0.25) is 0 Å². The van der Waals surface area contributed by atoms with Gasteiger partial charge in [-0.2, -0.15) is 31.2 Å². The quantitative estimate of drug-likeness (QED) is 0.252. The Kier molecular flexibility index (Phi) is 3.65. The van der Waals surface area contributed by atoms with Crippen LogP contribution in [0.5, 0.6) is 0 Å². The number of rotatable bonds is 4. The van der Waals surface area contributed by atoms with Crippen molar-refractivity contribution in [3.63, 3.8) is 0 Å². The molecule has 0 amide bonds. The van der Waals surface area contributed by atoms with Gasteiger partial charge in [0.25, 0.3) is 0 Å². The van der Waals surface area contributed by atoms with Gasteiger partial charge in [-0.1, -0.05) is 18.2 Å². The molecule has 0 unspecified atom stereocenters. The number of benzene rings is 1. The summed E-state index contributed by atoms with van der Waals surface area (Å²) < 4.78 is 0. The second-order valence-corrected chi connectivity index (χ2v) is 3.63. The van der Waals surface area contributed by atoms with E-state index in [2.05, 4.69) is 0 Å². The van der Waals surface area contributed by atoms with Crippen molar-refractivity contribution in [3.8, 4) is 0 Å². The summed E-state index contributed by atoms with van der Waals surface area (Å²) in [4.78, 5) is -12.0. The maximum atomic E-state index is 11.2. The van der Waals surface area contributed by atoms with E-state index in [-0.39, 0.29) is 0 Å². The van der Waals surface area contributed by atoms with Crippen molar-refractivity contribution in [3.05, 3.63) is 51.5 Å². The molecule has 0 fully saturated rings. The highest BCUT2D eigenvalue weighted by molar-refractivity contribution is 5.17. The minimum Gasteiger partial charge on any atom is -0.554 e. The first kappa shape index (κ1) is 15.8. The molecule has 1 aromatic rings. The van der Waals surface area contributed by atoms with E-state index in [1.807, 2.05) is 0 Å². The molecule has 0 saturated heterocycles. The van der Waals surface area contributed by atoms with E-state index in [1.165, 1.54) is 6.07 Å². The normalized spacial score (nSPS) is 14.6. The number of quaternary nitrogens is 3. The van der Waals surface area contributed by atoms with Crippen LogP contribution in [0.4, 0.5) is 0 Å². The molecule has 1 aromatic carbocycles. The monoisotopic (exact) mass is 281 g/mol. The summed E-state index contributed by atoms with van der Waals surface area (Å²) in [5.74, 6) is -4.42. The number of nitrogens with zero attached hydrogens (tertiary/aromatic N) is 3. The fraction of sp³-hybridized carbons (Fsp3) is 0.143. The van der Waals surface area contributed by atoms with E-state index >= 15 is 0 Å². The minimum absolute atomic E-state index is 0.700. The average molecular weight is 281 g/mol. The third kappa shape index (κ3) is 2.30. The van der Waals surface area contributed by atoms with Gasteiger partial charge in [-0.15, -0.1) is 0 Å². The van der Waals surface area contributed by atoms with Crippen LogP contribution in [-0.4, -0.2) is 46.2 Å². The first-order valence-corrected chi connectivity index (χ1v) is 4.58. The molecule has 0 radical (unpaired) electrons. The van der Waals surface area contributed by atoms with Gasteiger partial charge in [0.1, 0.15) is 0 Å². The van der Waals surface area contributed by atoms with Crippen molar-refractivity contribution in [2.24, 2.45) is 0 Å². The van der Waals surface area contributed by atoms with Crippen LogP contribution in [0.25, 0.3) is 0 Å². The Balaban J connectivity index is 3.76. The fourth-order valence-electron chi connectivity index (χ4n) is 1.68. The molecule has 0 aliphatic rings. The predicted molar refractivity (Wildman–Crippen MR) is 49.7 cm³/mol. The zero-order valence-electron chi connectivity index (χ0n) is 9.14. The third-order valence-electron chi connectivity index (χ3n) is 2.38. The highest BCUT2D eigenvalue weighted by Crippen LogP contribution is 2.43. The highest BCUT2D eigenvalue weighted by Gasteiger charge is 2.77. The summed E-state index contributed by atoms with van der Waals surface area (Å²) in [6.07, 6.45) is 0. The summed E-state index contributed by atoms with van der Waals surface area (Å²) in [5, 5.41) is 87.1. The molecule has 0 heterocycles. The summed E-state index contributed by atoms with van der Waals surface area (Å²) in [5.41, 5.74) is -1.06. The lowest BCUT2D eigenvalue weighted by atomic mass is 10.1. The van der Waals surface area contributed by atoms with Crippen molar-refractivity contribution < 1.29 is 46.2 Å². The summed E-state index contributed by atoms with van der Waals surface area (Å²) in [6.45, 7) is 0. The molecule has 0 spiro atoms. The number of hydrogen-bond donors (Lipinski definition) is 6. The van der Waals surface area contributed by atoms with E-state index in [1.54, 1.807) is 0 Å². The van der Waals surface area contributed by atoms with Crippen molar-refractivity contribution in [2.75, 3.05) is 0 Å². The van der Waals surface area contributed by atoms with Gasteiger partial charge in [0, 0.05) is 14.9 Å². The number of hydrogen-bond acceptors (Lipinski definition) is 9. The van der Waals surface area contributed by atoms with Gasteiger partial charge in [0.2, 0.25) is 0 Å². The maximum absolute atomic E-state index is 11.2. The van der Waals surface area contributed by atoms with Crippen LogP contribution >= 0.6 is 0 Å². The molecule has 0 aliphatic heterocycles. The van der Waals surface area contributed by atoms with Crippen LogP contribution < -0.4 is 0 Å². The molecule has 0 aromatic heterocycles. The van der Waals surface area contributed by atoms with E-state index in [9.17, 15) is 15.6 Å². The lowest BCUT2D eigenvalue weighted by Gasteiger charge is -2.49. The number of hydroxylamine groups is 9. The van der Waals surface area contributed by atoms with E-state index in [0.29, 0.717) is 12.1 Å². The highest BCUT2D eigenvalue weighted by atomic mass is 17.2. The van der Waals surface area contributed by atoms with Crippen molar-refractivity contribution >= 4 is 0 Å². The molecule has 0 saturated carbocycles. The minimum atomic E-state index is -4.42. The van der Waals surface area contributed by atoms with Crippen LogP contribution in [0, 0.1) is 15.6 Å². The SMILES string of the molecule is [O-][N+](O)(O)C(c1ccccc1)([N+]([O-])(O)O)[N+]([O-])(O)O. The molecule has 0 atom stereocenters. The lowest BCUT2D eigenvalue weighted by Crippen LogP contribution is -2.80. The molecule has 0 aliphatic carbocycles. The Hall–Kier alpha value is -1.26. The molecule has 0 bridgehead atoms. The standard InChI is InChI=1S/C7H11N3O9/c11-8(12,13)7(9(14,15)16,10(17,18)19)6-4-2-1-3-5-6/h1-5,11-12,14-15,17-18H. The van der Waals surface area contributed by atoms with Crippen molar-refractivity contribution in [1.29, 1.82) is 0 Å². The van der Waals surface area contributed by atoms with Gasteiger partial charge in [0.05, 0.1) is 0 Å². The third-order valence-corrected chi connectivity index (χ3v) is 2.38. The van der Waals surface area contributed by atoms with Gasteiger partial charge in [-0.25, -0.2) is 0 Å². The van der Waals surface area contributed by atoms with Crippen molar-refractivity contribution in [2.45, 2.75) is 5.79 Å². The molecular weight excluding hydrogens is 270 g/mol. The topological polar surface area (TPSA) is 191 Å². The average Bonchev–Trinajstić information content (AvgIpc) is 2.12. The first-order valence-electron chi connectivity index (χ1n) is 4.58. The Bertz CT molecular complexity index is 396. The van der Waals surface area contributed by atoms with Crippen LogP contribution in [0.1, 0.15) is 5.56 Å². The van der Waals surface area contributed by atoms with Gasteiger partial charge in [-0.05, 0) is 12.1 Å². The molecule has 19 heavy (non-hydrogen) atoms. The summed E-state index contributed by atoms with van der Waals surface area (Å²) in [6, 6.07) is 4.82. The molecule has 12 heteroatoms. The van der Waals surface area contributed by atoms with Gasteiger partial charge in [0.15, 0.2) is 5.56 Å². The zero-order chi connectivity index (χ0) is 15.1. The lowest BCUT2D eigenvalue weighted by molar-refractivity contribution is -1.55. The van der Waals surface area contributed by atoms with Crippen LogP contribution in [0.2, 0.25) is 0 Å². The zero-order valence-corrected chi connectivity index (χ0v) is 9.14. The Morgan fingerprint density at radius 3 is 1.26 bits per heavy atom. The van der Waals surface area contributed by atoms with E-state index < -0.39 is 26.3 Å². The first-order chi connectivity index (χ1) is 8.36. The predicted octanol–water partition coefficient (Wildman–Crippen LogP) is 0.0759. The van der Waals surface area contributed by atoms with Gasteiger partial charge >= 0.3 is 5.79 Å². The maximum Gasteiger partial charge on any atom is 0.559 e.